The number of rotatable bonds is 6. The zero-order valence-electron chi connectivity index (χ0n) is 12.1. The van der Waals surface area contributed by atoms with Gasteiger partial charge in [0.25, 0.3) is 0 Å². The molecule has 0 spiro atoms. The van der Waals surface area contributed by atoms with Crippen LogP contribution in [0.4, 0.5) is 0 Å². The van der Waals surface area contributed by atoms with E-state index in [0.717, 1.165) is 23.6 Å². The first-order valence-corrected chi connectivity index (χ1v) is 7.51. The van der Waals surface area contributed by atoms with Crippen LogP contribution in [-0.4, -0.2) is 16.3 Å². The molecule has 1 aromatic carbocycles. The highest BCUT2D eigenvalue weighted by Gasteiger charge is 2.13. The maximum atomic E-state index is 6.05. The molecule has 4 heteroatoms. The average molecular weight is 292 g/mol. The van der Waals surface area contributed by atoms with Gasteiger partial charge < -0.3 is 5.73 Å². The smallest absolute Gasteiger partial charge is 0.0631 e. The summed E-state index contributed by atoms with van der Waals surface area (Å²) in [6.07, 6.45) is 3.98. The van der Waals surface area contributed by atoms with Gasteiger partial charge in [-0.15, -0.1) is 0 Å². The van der Waals surface area contributed by atoms with E-state index in [2.05, 4.69) is 37.3 Å². The molecule has 1 heterocycles. The van der Waals surface area contributed by atoms with E-state index in [-0.39, 0.29) is 5.92 Å². The second-order valence-corrected chi connectivity index (χ2v) is 5.67. The summed E-state index contributed by atoms with van der Waals surface area (Å²) in [6.45, 7) is 4.94. The van der Waals surface area contributed by atoms with E-state index in [1.165, 1.54) is 5.56 Å². The Morgan fingerprint density at radius 2 is 2.15 bits per heavy atom. The molecule has 2 rings (SSSR count). The van der Waals surface area contributed by atoms with Crippen LogP contribution in [0.3, 0.4) is 0 Å². The molecule has 0 saturated carbocycles. The van der Waals surface area contributed by atoms with Crippen LogP contribution in [0.2, 0.25) is 5.02 Å². The van der Waals surface area contributed by atoms with E-state index in [9.17, 15) is 0 Å². The number of nitrogens with two attached hydrogens (primary N) is 1. The van der Waals surface area contributed by atoms with Crippen molar-refractivity contribution in [2.75, 3.05) is 6.54 Å². The minimum atomic E-state index is 0.258. The van der Waals surface area contributed by atoms with Crippen molar-refractivity contribution in [3.8, 4) is 0 Å². The summed E-state index contributed by atoms with van der Waals surface area (Å²) in [5, 5.41) is 5.40. The van der Waals surface area contributed by atoms with Crippen molar-refractivity contribution in [3.63, 3.8) is 0 Å². The summed E-state index contributed by atoms with van der Waals surface area (Å²) < 4.78 is 2.03. The van der Waals surface area contributed by atoms with Gasteiger partial charge in [0.1, 0.15) is 0 Å². The lowest BCUT2D eigenvalue weighted by molar-refractivity contribution is 0.471. The van der Waals surface area contributed by atoms with Crippen LogP contribution in [-0.2, 0) is 6.42 Å². The lowest BCUT2D eigenvalue weighted by Gasteiger charge is -2.14. The number of hydrogen-bond acceptors (Lipinski definition) is 2. The third kappa shape index (κ3) is 3.62. The van der Waals surface area contributed by atoms with Gasteiger partial charge in [-0.05, 0) is 50.1 Å². The number of nitrogens with zero attached hydrogens (tertiary/aromatic N) is 2. The molecule has 3 nitrogen and oxygen atoms in total. The first-order chi connectivity index (χ1) is 9.63. The van der Waals surface area contributed by atoms with E-state index in [1.807, 2.05) is 22.9 Å². The highest BCUT2D eigenvalue weighted by Crippen LogP contribution is 2.22. The minimum Gasteiger partial charge on any atom is -0.330 e. The van der Waals surface area contributed by atoms with Crippen molar-refractivity contribution in [2.45, 2.75) is 38.6 Å². The molecule has 0 aliphatic carbocycles. The summed E-state index contributed by atoms with van der Waals surface area (Å²) in [5.41, 5.74) is 8.18. The van der Waals surface area contributed by atoms with Gasteiger partial charge in [0, 0.05) is 23.2 Å². The quantitative estimate of drug-likeness (QED) is 0.880. The Labute approximate surface area is 125 Å². The fraction of sp³-hybridized carbons (Fsp3) is 0.438. The highest BCUT2D eigenvalue weighted by molar-refractivity contribution is 6.30. The van der Waals surface area contributed by atoms with E-state index in [0.29, 0.717) is 12.6 Å². The first kappa shape index (κ1) is 15.1. The van der Waals surface area contributed by atoms with Crippen LogP contribution < -0.4 is 5.73 Å². The first-order valence-electron chi connectivity index (χ1n) is 7.13. The number of hydrogen-bond donors (Lipinski definition) is 1. The third-order valence-corrected chi connectivity index (χ3v) is 4.00. The fourth-order valence-corrected chi connectivity index (χ4v) is 2.47. The normalized spacial score (nSPS) is 14.2. The summed E-state index contributed by atoms with van der Waals surface area (Å²) in [6, 6.07) is 10.4. The number of aromatic nitrogens is 2. The molecule has 2 atom stereocenters. The molecular formula is C16H22ClN3. The van der Waals surface area contributed by atoms with Gasteiger partial charge in [-0.1, -0.05) is 30.7 Å². The van der Waals surface area contributed by atoms with Gasteiger partial charge in [-0.3, -0.25) is 4.68 Å². The predicted octanol–water partition coefficient (Wildman–Crippen LogP) is 3.79. The Morgan fingerprint density at radius 3 is 2.80 bits per heavy atom. The van der Waals surface area contributed by atoms with Crippen molar-refractivity contribution in [1.82, 2.24) is 9.78 Å². The summed E-state index contributed by atoms with van der Waals surface area (Å²) in [5.74, 6) is 0.258. The maximum Gasteiger partial charge on any atom is 0.0631 e. The van der Waals surface area contributed by atoms with Crippen LogP contribution >= 0.6 is 11.6 Å². The molecule has 0 aliphatic heterocycles. The lowest BCUT2D eigenvalue weighted by Crippen LogP contribution is -2.15. The molecule has 20 heavy (non-hydrogen) atoms. The van der Waals surface area contributed by atoms with Gasteiger partial charge in [0.2, 0.25) is 0 Å². The molecule has 0 aliphatic rings. The lowest BCUT2D eigenvalue weighted by atomic mass is 9.94. The molecule has 1 aromatic heterocycles. The third-order valence-electron chi connectivity index (χ3n) is 3.77. The predicted molar refractivity (Wildman–Crippen MR) is 84.2 cm³/mol. The highest BCUT2D eigenvalue weighted by atomic mass is 35.5. The number of benzene rings is 1. The average Bonchev–Trinajstić information content (AvgIpc) is 2.92. The summed E-state index contributed by atoms with van der Waals surface area (Å²) in [7, 11) is 0. The molecule has 0 amide bonds. The van der Waals surface area contributed by atoms with Crippen LogP contribution in [0, 0.1) is 0 Å². The molecule has 2 unspecified atom stereocenters. The van der Waals surface area contributed by atoms with Crippen molar-refractivity contribution < 1.29 is 0 Å². The number of halogens is 1. The molecule has 0 radical (unpaired) electrons. The van der Waals surface area contributed by atoms with Crippen LogP contribution in [0.5, 0.6) is 0 Å². The van der Waals surface area contributed by atoms with Crippen molar-refractivity contribution in [2.24, 2.45) is 5.73 Å². The maximum absolute atomic E-state index is 6.05. The Morgan fingerprint density at radius 1 is 1.35 bits per heavy atom. The van der Waals surface area contributed by atoms with Gasteiger partial charge in [-0.2, -0.15) is 5.10 Å². The van der Waals surface area contributed by atoms with Crippen LogP contribution in [0.25, 0.3) is 0 Å². The largest absolute Gasteiger partial charge is 0.330 e. The second-order valence-electron chi connectivity index (χ2n) is 5.24. The van der Waals surface area contributed by atoms with E-state index >= 15 is 0 Å². The molecule has 108 valence electrons. The van der Waals surface area contributed by atoms with Crippen LogP contribution in [0.1, 0.15) is 43.5 Å². The fourth-order valence-electron chi connectivity index (χ4n) is 2.27. The van der Waals surface area contributed by atoms with Gasteiger partial charge in [0.15, 0.2) is 0 Å². The summed E-state index contributed by atoms with van der Waals surface area (Å²) >= 11 is 6.05. The molecule has 0 bridgehead atoms. The second kappa shape index (κ2) is 6.91. The SMILES string of the molecule is CCC(C)n1ccc(CC(CN)c2cccc(Cl)c2)n1. The molecule has 2 aromatic rings. The molecule has 2 N–H and O–H groups in total. The Kier molecular flexibility index (Phi) is 5.21. The zero-order chi connectivity index (χ0) is 14.5. The van der Waals surface area contributed by atoms with Crippen molar-refractivity contribution in [3.05, 3.63) is 52.8 Å². The van der Waals surface area contributed by atoms with Gasteiger partial charge in [-0.25, -0.2) is 0 Å². The van der Waals surface area contributed by atoms with Gasteiger partial charge in [0.05, 0.1) is 5.69 Å². The van der Waals surface area contributed by atoms with E-state index in [1.54, 1.807) is 0 Å². The van der Waals surface area contributed by atoms with Crippen molar-refractivity contribution in [1.29, 1.82) is 0 Å². The topological polar surface area (TPSA) is 43.8 Å². The van der Waals surface area contributed by atoms with Crippen molar-refractivity contribution >= 4 is 11.6 Å². The molecule has 0 saturated heterocycles. The van der Waals surface area contributed by atoms with Gasteiger partial charge >= 0.3 is 0 Å². The Bertz CT molecular complexity index is 550. The van der Waals surface area contributed by atoms with E-state index < -0.39 is 0 Å². The van der Waals surface area contributed by atoms with Crippen LogP contribution in [0.15, 0.2) is 36.5 Å². The standard InChI is InChI=1S/C16H22ClN3/c1-3-12(2)20-8-7-16(19-20)10-14(11-18)13-5-4-6-15(17)9-13/h4-9,12,14H,3,10-11,18H2,1-2H3. The van der Waals surface area contributed by atoms with E-state index in [4.69, 9.17) is 17.3 Å². The Hall–Kier alpha value is -1.32. The molecular weight excluding hydrogens is 270 g/mol. The zero-order valence-corrected chi connectivity index (χ0v) is 12.8. The monoisotopic (exact) mass is 291 g/mol. The summed E-state index contributed by atoms with van der Waals surface area (Å²) in [4.78, 5) is 0. The Balaban J connectivity index is 2.12. The molecule has 0 fully saturated rings. The minimum absolute atomic E-state index is 0.258.